The van der Waals surface area contributed by atoms with Crippen LogP contribution in [0, 0.1) is 12.8 Å². The maximum atomic E-state index is 6.02. The van der Waals surface area contributed by atoms with Crippen molar-refractivity contribution in [3.05, 3.63) is 29.8 Å². The van der Waals surface area contributed by atoms with Gasteiger partial charge in [0, 0.05) is 39.8 Å². The van der Waals surface area contributed by atoms with Gasteiger partial charge in [-0.15, -0.1) is 24.0 Å². The number of aryl methyl sites for hydroxylation is 1. The number of nitrogens with zero attached hydrogens (tertiary/aromatic N) is 3. The lowest BCUT2D eigenvalue weighted by molar-refractivity contribution is 0.0315. The average molecular weight is 502 g/mol. The minimum Gasteiger partial charge on any atom is -0.489 e. The average Bonchev–Trinajstić information content (AvgIpc) is 3.11. The topological polar surface area (TPSA) is 49.3 Å². The molecule has 2 atom stereocenters. The van der Waals surface area contributed by atoms with Crippen LogP contribution >= 0.6 is 24.0 Å². The molecule has 2 unspecified atom stereocenters. The summed E-state index contributed by atoms with van der Waals surface area (Å²) in [6.07, 6.45) is 1.31. The van der Waals surface area contributed by atoms with Gasteiger partial charge in [-0.05, 0) is 43.9 Å². The Morgan fingerprint density at radius 1 is 1.32 bits per heavy atom. The number of hydrogen-bond acceptors (Lipinski definition) is 4. The quantitative estimate of drug-likeness (QED) is 0.368. The number of rotatable bonds is 6. The third-order valence-electron chi connectivity index (χ3n) is 5.29. The van der Waals surface area contributed by atoms with Crippen LogP contribution in [-0.2, 0) is 4.74 Å². The Kier molecular flexibility index (Phi) is 9.81. The van der Waals surface area contributed by atoms with Crippen molar-refractivity contribution in [2.24, 2.45) is 10.9 Å². The first-order valence-electron chi connectivity index (χ1n) is 10.1. The Labute approximate surface area is 186 Å². The predicted molar refractivity (Wildman–Crippen MR) is 125 cm³/mol. The molecule has 1 aromatic carbocycles. The molecular weight excluding hydrogens is 467 g/mol. The zero-order valence-electron chi connectivity index (χ0n) is 17.4. The molecule has 0 spiro atoms. The monoisotopic (exact) mass is 502 g/mol. The number of hydrogen-bond donors (Lipinski definition) is 1. The largest absolute Gasteiger partial charge is 0.489 e. The summed E-state index contributed by atoms with van der Waals surface area (Å²) in [5.74, 6) is 2.62. The van der Waals surface area contributed by atoms with Gasteiger partial charge in [0.05, 0.1) is 19.8 Å². The van der Waals surface area contributed by atoms with E-state index >= 15 is 0 Å². The maximum absolute atomic E-state index is 6.02. The second kappa shape index (κ2) is 11.8. The number of aliphatic imine (C=N–C) groups is 1. The first-order valence-corrected chi connectivity index (χ1v) is 10.1. The summed E-state index contributed by atoms with van der Waals surface area (Å²) in [5.41, 5.74) is 1.21. The summed E-state index contributed by atoms with van der Waals surface area (Å²) in [6.45, 7) is 12.1. The number of benzene rings is 1. The number of nitrogens with one attached hydrogen (secondary N) is 1. The van der Waals surface area contributed by atoms with Crippen LogP contribution in [0.1, 0.15) is 18.9 Å². The molecule has 2 saturated heterocycles. The van der Waals surface area contributed by atoms with E-state index < -0.39 is 0 Å². The van der Waals surface area contributed by atoms with E-state index in [1.165, 1.54) is 18.5 Å². The molecule has 3 rings (SSSR count). The zero-order valence-corrected chi connectivity index (χ0v) is 19.7. The Bertz CT molecular complexity index is 622. The van der Waals surface area contributed by atoms with E-state index in [9.17, 15) is 0 Å². The number of ether oxygens (including phenoxy) is 2. The molecule has 2 fully saturated rings. The molecule has 7 heteroatoms. The predicted octanol–water partition coefficient (Wildman–Crippen LogP) is 2.61. The van der Waals surface area contributed by atoms with E-state index in [1.807, 2.05) is 19.2 Å². The summed E-state index contributed by atoms with van der Waals surface area (Å²) >= 11 is 0. The summed E-state index contributed by atoms with van der Waals surface area (Å²) in [5, 5.41) is 3.49. The van der Waals surface area contributed by atoms with Gasteiger partial charge in [-0.2, -0.15) is 0 Å². The van der Waals surface area contributed by atoms with Crippen molar-refractivity contribution >= 4 is 29.9 Å². The van der Waals surface area contributed by atoms with Crippen LogP contribution in [-0.4, -0.2) is 81.4 Å². The second-order valence-corrected chi connectivity index (χ2v) is 7.69. The minimum atomic E-state index is 0. The molecule has 0 saturated carbocycles. The van der Waals surface area contributed by atoms with Crippen molar-refractivity contribution < 1.29 is 9.47 Å². The van der Waals surface area contributed by atoms with Gasteiger partial charge in [0.15, 0.2) is 5.96 Å². The van der Waals surface area contributed by atoms with Crippen LogP contribution < -0.4 is 10.1 Å². The zero-order chi connectivity index (χ0) is 19.1. The molecule has 2 heterocycles. The Morgan fingerprint density at radius 3 is 2.82 bits per heavy atom. The fourth-order valence-corrected chi connectivity index (χ4v) is 3.85. The Morgan fingerprint density at radius 2 is 2.11 bits per heavy atom. The number of morpholine rings is 1. The van der Waals surface area contributed by atoms with E-state index in [2.05, 4.69) is 46.1 Å². The van der Waals surface area contributed by atoms with Gasteiger partial charge in [-0.3, -0.25) is 9.89 Å². The Hall–Kier alpha value is -1.06. The van der Waals surface area contributed by atoms with E-state index in [0.717, 1.165) is 57.6 Å². The van der Waals surface area contributed by atoms with Crippen molar-refractivity contribution in [1.82, 2.24) is 15.1 Å². The first kappa shape index (κ1) is 23.2. The Balaban J connectivity index is 0.00000280. The van der Waals surface area contributed by atoms with Crippen molar-refractivity contribution in [3.63, 3.8) is 0 Å². The summed E-state index contributed by atoms with van der Waals surface area (Å²) in [7, 11) is 1.86. The molecule has 1 N–H and O–H groups in total. The fourth-order valence-electron chi connectivity index (χ4n) is 3.85. The third kappa shape index (κ3) is 7.08. The van der Waals surface area contributed by atoms with Crippen molar-refractivity contribution in [3.8, 4) is 5.75 Å². The van der Waals surface area contributed by atoms with Gasteiger partial charge >= 0.3 is 0 Å². The smallest absolute Gasteiger partial charge is 0.193 e. The molecule has 2 aliphatic heterocycles. The highest BCUT2D eigenvalue weighted by atomic mass is 127. The van der Waals surface area contributed by atoms with Crippen molar-refractivity contribution in [2.75, 3.05) is 59.5 Å². The SMILES string of the molecule is CN=C(NCC(C)Oc1cccc(C)c1)N1CCC(CN2CCOCC2)C1.I. The number of likely N-dealkylation sites (tertiary alicyclic amines) is 1. The number of halogens is 1. The van der Waals surface area contributed by atoms with Crippen LogP contribution in [0.2, 0.25) is 0 Å². The lowest BCUT2D eigenvalue weighted by atomic mass is 10.1. The summed E-state index contributed by atoms with van der Waals surface area (Å²) < 4.78 is 11.5. The highest BCUT2D eigenvalue weighted by Gasteiger charge is 2.27. The molecule has 28 heavy (non-hydrogen) atoms. The molecule has 158 valence electrons. The minimum absolute atomic E-state index is 0. The van der Waals surface area contributed by atoms with E-state index in [-0.39, 0.29) is 30.1 Å². The van der Waals surface area contributed by atoms with Crippen LogP contribution in [0.5, 0.6) is 5.75 Å². The standard InChI is InChI=1S/C21H34N4O2.HI/c1-17-5-4-6-20(13-17)27-18(2)14-23-21(22-3)25-8-7-19(16-25)15-24-9-11-26-12-10-24;/h4-6,13,18-19H,7-12,14-16H2,1-3H3,(H,22,23);1H. The van der Waals surface area contributed by atoms with Crippen molar-refractivity contribution in [2.45, 2.75) is 26.4 Å². The van der Waals surface area contributed by atoms with Gasteiger partial charge in [0.1, 0.15) is 11.9 Å². The van der Waals surface area contributed by atoms with Crippen LogP contribution in [0.3, 0.4) is 0 Å². The number of guanidine groups is 1. The van der Waals surface area contributed by atoms with Crippen LogP contribution in [0.25, 0.3) is 0 Å². The van der Waals surface area contributed by atoms with Gasteiger partial charge in [-0.25, -0.2) is 0 Å². The first-order chi connectivity index (χ1) is 13.1. The van der Waals surface area contributed by atoms with Crippen LogP contribution in [0.15, 0.2) is 29.3 Å². The lowest BCUT2D eigenvalue weighted by Crippen LogP contribution is -2.44. The van der Waals surface area contributed by atoms with Gasteiger partial charge in [0.2, 0.25) is 0 Å². The highest BCUT2D eigenvalue weighted by molar-refractivity contribution is 14.0. The molecule has 0 aliphatic carbocycles. The molecule has 0 amide bonds. The van der Waals surface area contributed by atoms with Crippen molar-refractivity contribution in [1.29, 1.82) is 0 Å². The summed E-state index contributed by atoms with van der Waals surface area (Å²) in [4.78, 5) is 9.40. The van der Waals surface area contributed by atoms with Gasteiger partial charge < -0.3 is 19.7 Å². The molecule has 6 nitrogen and oxygen atoms in total. The maximum Gasteiger partial charge on any atom is 0.193 e. The van der Waals surface area contributed by atoms with E-state index in [4.69, 9.17) is 9.47 Å². The second-order valence-electron chi connectivity index (χ2n) is 7.69. The van der Waals surface area contributed by atoms with Gasteiger partial charge in [-0.1, -0.05) is 12.1 Å². The molecule has 2 aliphatic rings. The molecule has 1 aromatic rings. The third-order valence-corrected chi connectivity index (χ3v) is 5.29. The van der Waals surface area contributed by atoms with Gasteiger partial charge in [0.25, 0.3) is 0 Å². The van der Waals surface area contributed by atoms with E-state index in [1.54, 1.807) is 0 Å². The normalized spacial score (nSPS) is 21.9. The lowest BCUT2D eigenvalue weighted by Gasteiger charge is -2.29. The summed E-state index contributed by atoms with van der Waals surface area (Å²) in [6, 6.07) is 8.19. The highest BCUT2D eigenvalue weighted by Crippen LogP contribution is 2.18. The molecule has 0 bridgehead atoms. The fraction of sp³-hybridized carbons (Fsp3) is 0.667. The van der Waals surface area contributed by atoms with E-state index in [0.29, 0.717) is 5.92 Å². The molecular formula is C21H35IN4O2. The molecule has 0 aromatic heterocycles. The molecule has 0 radical (unpaired) electrons. The van der Waals surface area contributed by atoms with Crippen LogP contribution in [0.4, 0.5) is 0 Å².